The first kappa shape index (κ1) is 8.61. The highest BCUT2D eigenvalue weighted by molar-refractivity contribution is 5.42. The molecule has 0 radical (unpaired) electrons. The maximum atomic E-state index is 5.67. The molecule has 0 amide bonds. The summed E-state index contributed by atoms with van der Waals surface area (Å²) in [6.45, 7) is 5.37. The Morgan fingerprint density at radius 2 is 2.15 bits per heavy atom. The van der Waals surface area contributed by atoms with Gasteiger partial charge >= 0.3 is 0 Å². The van der Waals surface area contributed by atoms with Crippen LogP contribution in [0, 0.1) is 0 Å². The summed E-state index contributed by atoms with van der Waals surface area (Å²) < 4.78 is 5.67. The zero-order valence-corrected chi connectivity index (χ0v) is 8.34. The van der Waals surface area contributed by atoms with E-state index in [1.165, 1.54) is 18.4 Å². The van der Waals surface area contributed by atoms with Gasteiger partial charge < -0.3 is 4.74 Å². The monoisotopic (exact) mass is 176 g/mol. The zero-order chi connectivity index (χ0) is 9.31. The Hall–Kier alpha value is -0.980. The SMILES string of the molecule is CCCC1(C)COc2ccccc21. The van der Waals surface area contributed by atoms with Gasteiger partial charge in [0.2, 0.25) is 0 Å². The number of hydrogen-bond acceptors (Lipinski definition) is 1. The molecule has 1 heterocycles. The molecule has 1 aromatic rings. The van der Waals surface area contributed by atoms with Gasteiger partial charge in [-0.25, -0.2) is 0 Å². The maximum Gasteiger partial charge on any atom is 0.123 e. The van der Waals surface area contributed by atoms with Crippen LogP contribution in [0.25, 0.3) is 0 Å². The van der Waals surface area contributed by atoms with Crippen LogP contribution in [0.4, 0.5) is 0 Å². The summed E-state index contributed by atoms with van der Waals surface area (Å²) in [4.78, 5) is 0. The zero-order valence-electron chi connectivity index (χ0n) is 8.34. The van der Waals surface area contributed by atoms with Crippen molar-refractivity contribution < 1.29 is 4.74 Å². The van der Waals surface area contributed by atoms with Gasteiger partial charge in [-0.2, -0.15) is 0 Å². The molecule has 1 unspecified atom stereocenters. The topological polar surface area (TPSA) is 9.23 Å². The number of rotatable bonds is 2. The molecule has 0 spiro atoms. The van der Waals surface area contributed by atoms with E-state index in [1.54, 1.807) is 0 Å². The fourth-order valence-electron chi connectivity index (χ4n) is 2.16. The average molecular weight is 176 g/mol. The summed E-state index contributed by atoms with van der Waals surface area (Å²) in [5.41, 5.74) is 1.64. The van der Waals surface area contributed by atoms with Crippen LogP contribution < -0.4 is 4.74 Å². The van der Waals surface area contributed by atoms with E-state index in [1.807, 2.05) is 6.07 Å². The van der Waals surface area contributed by atoms with Crippen molar-refractivity contribution in [1.82, 2.24) is 0 Å². The molecule has 0 saturated heterocycles. The van der Waals surface area contributed by atoms with Crippen molar-refractivity contribution in [1.29, 1.82) is 0 Å². The highest BCUT2D eigenvalue weighted by atomic mass is 16.5. The molecule has 1 atom stereocenters. The third kappa shape index (κ3) is 1.32. The van der Waals surface area contributed by atoms with E-state index in [0.717, 1.165) is 12.4 Å². The molecule has 1 heteroatoms. The van der Waals surface area contributed by atoms with Crippen LogP contribution in [0.3, 0.4) is 0 Å². The molecule has 0 aliphatic carbocycles. The van der Waals surface area contributed by atoms with Crippen molar-refractivity contribution >= 4 is 0 Å². The minimum Gasteiger partial charge on any atom is -0.492 e. The van der Waals surface area contributed by atoms with E-state index in [4.69, 9.17) is 4.74 Å². The van der Waals surface area contributed by atoms with Crippen LogP contribution in [-0.2, 0) is 5.41 Å². The molecule has 1 aliphatic heterocycles. The fourth-order valence-corrected chi connectivity index (χ4v) is 2.16. The fraction of sp³-hybridized carbons (Fsp3) is 0.500. The molecule has 1 nitrogen and oxygen atoms in total. The first-order valence-electron chi connectivity index (χ1n) is 4.98. The lowest BCUT2D eigenvalue weighted by atomic mass is 9.81. The van der Waals surface area contributed by atoms with Crippen LogP contribution >= 0.6 is 0 Å². The van der Waals surface area contributed by atoms with Gasteiger partial charge in [0.25, 0.3) is 0 Å². The Bertz CT molecular complexity index is 302. The Morgan fingerprint density at radius 1 is 1.38 bits per heavy atom. The molecular formula is C12H16O. The molecular weight excluding hydrogens is 160 g/mol. The Morgan fingerprint density at radius 3 is 2.92 bits per heavy atom. The Balaban J connectivity index is 2.37. The van der Waals surface area contributed by atoms with E-state index in [0.29, 0.717) is 0 Å². The predicted octanol–water partition coefficient (Wildman–Crippen LogP) is 3.14. The largest absolute Gasteiger partial charge is 0.492 e. The summed E-state index contributed by atoms with van der Waals surface area (Å²) in [5, 5.41) is 0. The predicted molar refractivity (Wildman–Crippen MR) is 54.2 cm³/mol. The molecule has 0 aromatic heterocycles. The third-order valence-electron chi connectivity index (χ3n) is 2.89. The minimum absolute atomic E-state index is 0.255. The standard InChI is InChI=1S/C12H16O/c1-3-8-12(2)9-13-11-7-5-4-6-10(11)12/h4-7H,3,8-9H2,1-2H3. The summed E-state index contributed by atoms with van der Waals surface area (Å²) in [6.07, 6.45) is 2.43. The summed E-state index contributed by atoms with van der Waals surface area (Å²) in [5.74, 6) is 1.08. The molecule has 0 saturated carbocycles. The van der Waals surface area contributed by atoms with Gasteiger partial charge in [-0.05, 0) is 12.5 Å². The maximum absolute atomic E-state index is 5.67. The normalized spacial score (nSPS) is 25.4. The molecule has 70 valence electrons. The van der Waals surface area contributed by atoms with Gasteiger partial charge in [0.1, 0.15) is 5.75 Å². The van der Waals surface area contributed by atoms with E-state index < -0.39 is 0 Å². The van der Waals surface area contributed by atoms with Crippen molar-refractivity contribution in [2.45, 2.75) is 32.1 Å². The molecule has 1 aromatic carbocycles. The van der Waals surface area contributed by atoms with Gasteiger partial charge in [0.05, 0.1) is 6.61 Å². The molecule has 1 aliphatic rings. The van der Waals surface area contributed by atoms with E-state index in [2.05, 4.69) is 32.0 Å². The van der Waals surface area contributed by atoms with Crippen LogP contribution in [0.1, 0.15) is 32.3 Å². The van der Waals surface area contributed by atoms with Crippen molar-refractivity contribution in [2.24, 2.45) is 0 Å². The Kier molecular flexibility index (Phi) is 2.03. The number of para-hydroxylation sites is 1. The lowest BCUT2D eigenvalue weighted by Crippen LogP contribution is -2.23. The van der Waals surface area contributed by atoms with Gasteiger partial charge in [-0.1, -0.05) is 38.5 Å². The highest BCUT2D eigenvalue weighted by Crippen LogP contribution is 2.41. The van der Waals surface area contributed by atoms with E-state index in [-0.39, 0.29) is 5.41 Å². The van der Waals surface area contributed by atoms with Crippen LogP contribution in [0.15, 0.2) is 24.3 Å². The van der Waals surface area contributed by atoms with Crippen LogP contribution in [0.2, 0.25) is 0 Å². The van der Waals surface area contributed by atoms with Gasteiger partial charge in [-0.15, -0.1) is 0 Å². The molecule has 0 N–H and O–H groups in total. The molecule has 2 rings (SSSR count). The second kappa shape index (κ2) is 3.06. The second-order valence-electron chi connectivity index (χ2n) is 4.10. The van der Waals surface area contributed by atoms with E-state index >= 15 is 0 Å². The molecule has 0 bridgehead atoms. The molecule has 13 heavy (non-hydrogen) atoms. The van der Waals surface area contributed by atoms with Crippen molar-refractivity contribution in [2.75, 3.05) is 6.61 Å². The van der Waals surface area contributed by atoms with Gasteiger partial charge in [0.15, 0.2) is 0 Å². The Labute approximate surface area is 79.7 Å². The second-order valence-corrected chi connectivity index (χ2v) is 4.10. The van der Waals surface area contributed by atoms with Gasteiger partial charge in [-0.3, -0.25) is 0 Å². The smallest absolute Gasteiger partial charge is 0.123 e. The summed E-state index contributed by atoms with van der Waals surface area (Å²) >= 11 is 0. The van der Waals surface area contributed by atoms with Crippen LogP contribution in [0.5, 0.6) is 5.75 Å². The lowest BCUT2D eigenvalue weighted by Gasteiger charge is -2.21. The average Bonchev–Trinajstić information content (AvgIpc) is 2.46. The minimum atomic E-state index is 0.255. The van der Waals surface area contributed by atoms with E-state index in [9.17, 15) is 0 Å². The molecule has 0 fully saturated rings. The van der Waals surface area contributed by atoms with Crippen molar-refractivity contribution in [3.63, 3.8) is 0 Å². The van der Waals surface area contributed by atoms with Crippen LogP contribution in [-0.4, -0.2) is 6.61 Å². The first-order chi connectivity index (χ1) is 6.26. The van der Waals surface area contributed by atoms with Crippen molar-refractivity contribution in [3.8, 4) is 5.75 Å². The van der Waals surface area contributed by atoms with Gasteiger partial charge in [0, 0.05) is 11.0 Å². The summed E-state index contributed by atoms with van der Waals surface area (Å²) in [7, 11) is 0. The summed E-state index contributed by atoms with van der Waals surface area (Å²) in [6, 6.07) is 8.40. The highest BCUT2D eigenvalue weighted by Gasteiger charge is 2.34. The number of hydrogen-bond donors (Lipinski definition) is 0. The quantitative estimate of drug-likeness (QED) is 0.672. The number of fused-ring (bicyclic) bond motifs is 1. The number of ether oxygens (including phenoxy) is 1. The lowest BCUT2D eigenvalue weighted by molar-refractivity contribution is 0.267. The third-order valence-corrected chi connectivity index (χ3v) is 2.89. The van der Waals surface area contributed by atoms with Crippen molar-refractivity contribution in [3.05, 3.63) is 29.8 Å². The number of benzene rings is 1. The first-order valence-corrected chi connectivity index (χ1v) is 4.98.